The van der Waals surface area contributed by atoms with Gasteiger partial charge in [0, 0.05) is 5.02 Å². The molecule has 0 aliphatic carbocycles. The highest BCUT2D eigenvalue weighted by molar-refractivity contribution is 6.30. The van der Waals surface area contributed by atoms with Crippen molar-refractivity contribution in [3.05, 3.63) is 63.9 Å². The third kappa shape index (κ3) is 3.45. The Morgan fingerprint density at radius 2 is 1.83 bits per heavy atom. The van der Waals surface area contributed by atoms with Crippen molar-refractivity contribution >= 4 is 29.2 Å². The Kier molecular flexibility index (Phi) is 4.18. The van der Waals surface area contributed by atoms with E-state index in [0.29, 0.717) is 5.02 Å². The fourth-order valence-electron chi connectivity index (χ4n) is 1.33. The fourth-order valence-corrected chi connectivity index (χ4v) is 1.62. The van der Waals surface area contributed by atoms with Crippen molar-refractivity contribution in [2.75, 3.05) is 0 Å². The third-order valence-corrected chi connectivity index (χ3v) is 2.67. The van der Waals surface area contributed by atoms with Gasteiger partial charge in [-0.25, -0.2) is 9.78 Å². The van der Waals surface area contributed by atoms with Gasteiger partial charge in [0.1, 0.15) is 17.5 Å². The summed E-state index contributed by atoms with van der Waals surface area (Å²) in [5, 5.41) is 0.900. The maximum absolute atomic E-state index is 11.7. The maximum Gasteiger partial charge on any atom is 0.357 e. The van der Waals surface area contributed by atoms with Crippen LogP contribution in [0.2, 0.25) is 10.2 Å². The van der Waals surface area contributed by atoms with Crippen LogP contribution in [-0.2, 0) is 11.3 Å². The lowest BCUT2D eigenvalue weighted by Gasteiger charge is -2.04. The van der Waals surface area contributed by atoms with Gasteiger partial charge < -0.3 is 4.74 Å². The summed E-state index contributed by atoms with van der Waals surface area (Å²) in [6.07, 6.45) is 0. The highest BCUT2D eigenvalue weighted by Gasteiger charge is 2.09. The number of carbonyl (C=O) groups excluding carboxylic acids is 1. The van der Waals surface area contributed by atoms with E-state index in [4.69, 9.17) is 27.9 Å². The smallest absolute Gasteiger partial charge is 0.357 e. The lowest BCUT2D eigenvalue weighted by atomic mass is 10.2. The standard InChI is InChI=1S/C13H9Cl2NO2/c14-10-6-4-9(5-7-10)8-18-13(17)11-2-1-3-12(15)16-11/h1-7H,8H2. The van der Waals surface area contributed by atoms with Crippen LogP contribution in [0.4, 0.5) is 0 Å². The molecule has 0 aliphatic heterocycles. The van der Waals surface area contributed by atoms with E-state index in [2.05, 4.69) is 4.98 Å². The summed E-state index contributed by atoms with van der Waals surface area (Å²) in [5.41, 5.74) is 1.05. The highest BCUT2D eigenvalue weighted by Crippen LogP contribution is 2.11. The van der Waals surface area contributed by atoms with Crippen LogP contribution in [0.25, 0.3) is 0 Å². The molecule has 0 aliphatic rings. The Labute approximate surface area is 114 Å². The van der Waals surface area contributed by atoms with Gasteiger partial charge in [-0.3, -0.25) is 0 Å². The Morgan fingerprint density at radius 3 is 2.50 bits per heavy atom. The predicted octanol–water partition coefficient (Wildman–Crippen LogP) is 3.75. The molecule has 1 aromatic carbocycles. The average Bonchev–Trinajstić information content (AvgIpc) is 2.38. The zero-order valence-electron chi connectivity index (χ0n) is 9.27. The van der Waals surface area contributed by atoms with Gasteiger partial charge in [-0.05, 0) is 29.8 Å². The lowest BCUT2D eigenvalue weighted by molar-refractivity contribution is 0.0466. The lowest BCUT2D eigenvalue weighted by Crippen LogP contribution is -2.07. The van der Waals surface area contributed by atoms with Crippen molar-refractivity contribution in [1.29, 1.82) is 0 Å². The number of nitrogens with zero attached hydrogens (tertiary/aromatic N) is 1. The molecule has 0 spiro atoms. The van der Waals surface area contributed by atoms with Crippen LogP contribution in [0, 0.1) is 0 Å². The second kappa shape index (κ2) is 5.85. The molecular weight excluding hydrogens is 273 g/mol. The summed E-state index contributed by atoms with van der Waals surface area (Å²) in [5.74, 6) is -0.507. The summed E-state index contributed by atoms with van der Waals surface area (Å²) in [7, 11) is 0. The normalized spacial score (nSPS) is 10.1. The molecule has 0 fully saturated rings. The number of carbonyl (C=O) groups is 1. The van der Waals surface area contributed by atoms with E-state index in [-0.39, 0.29) is 17.5 Å². The zero-order valence-corrected chi connectivity index (χ0v) is 10.8. The minimum atomic E-state index is -0.507. The first kappa shape index (κ1) is 12.9. The minimum absolute atomic E-state index is 0.171. The third-order valence-electron chi connectivity index (χ3n) is 2.21. The molecule has 0 unspecified atom stereocenters. The number of benzene rings is 1. The quantitative estimate of drug-likeness (QED) is 0.635. The van der Waals surface area contributed by atoms with Crippen molar-refractivity contribution in [3.63, 3.8) is 0 Å². The van der Waals surface area contributed by atoms with Crippen LogP contribution < -0.4 is 0 Å². The van der Waals surface area contributed by atoms with Crippen LogP contribution in [0.5, 0.6) is 0 Å². The van der Waals surface area contributed by atoms with Crippen molar-refractivity contribution in [2.24, 2.45) is 0 Å². The maximum atomic E-state index is 11.7. The van der Waals surface area contributed by atoms with E-state index in [1.807, 2.05) is 0 Å². The zero-order chi connectivity index (χ0) is 13.0. The molecule has 2 rings (SSSR count). The number of esters is 1. The molecule has 3 nitrogen and oxygen atoms in total. The van der Waals surface area contributed by atoms with Gasteiger partial charge in [0.25, 0.3) is 0 Å². The van der Waals surface area contributed by atoms with Crippen LogP contribution in [0.15, 0.2) is 42.5 Å². The molecular formula is C13H9Cl2NO2. The molecule has 0 atom stereocenters. The van der Waals surface area contributed by atoms with Crippen LogP contribution in [-0.4, -0.2) is 11.0 Å². The molecule has 5 heteroatoms. The van der Waals surface area contributed by atoms with Gasteiger partial charge in [0.15, 0.2) is 0 Å². The summed E-state index contributed by atoms with van der Waals surface area (Å²) in [4.78, 5) is 15.5. The molecule has 0 amide bonds. The van der Waals surface area contributed by atoms with Gasteiger partial charge in [-0.1, -0.05) is 41.4 Å². The number of rotatable bonds is 3. The van der Waals surface area contributed by atoms with E-state index >= 15 is 0 Å². The first-order valence-electron chi connectivity index (χ1n) is 5.19. The molecule has 0 bridgehead atoms. The van der Waals surface area contributed by atoms with E-state index in [1.165, 1.54) is 0 Å². The van der Waals surface area contributed by atoms with E-state index in [1.54, 1.807) is 42.5 Å². The van der Waals surface area contributed by atoms with Gasteiger partial charge in [0.2, 0.25) is 0 Å². The van der Waals surface area contributed by atoms with Crippen LogP contribution >= 0.6 is 23.2 Å². The fraction of sp³-hybridized carbons (Fsp3) is 0.0769. The van der Waals surface area contributed by atoms with E-state index in [0.717, 1.165) is 5.56 Å². The number of hydrogen-bond donors (Lipinski definition) is 0. The highest BCUT2D eigenvalue weighted by atomic mass is 35.5. The average molecular weight is 282 g/mol. The van der Waals surface area contributed by atoms with Gasteiger partial charge in [-0.15, -0.1) is 0 Å². The Bertz CT molecular complexity index is 555. The Hall–Kier alpha value is -1.58. The SMILES string of the molecule is O=C(OCc1ccc(Cl)cc1)c1cccc(Cl)n1. The molecule has 0 saturated carbocycles. The van der Waals surface area contributed by atoms with Gasteiger partial charge in [0.05, 0.1) is 0 Å². The Balaban J connectivity index is 1.98. The first-order chi connectivity index (χ1) is 8.65. The molecule has 92 valence electrons. The van der Waals surface area contributed by atoms with Crippen LogP contribution in [0.3, 0.4) is 0 Å². The first-order valence-corrected chi connectivity index (χ1v) is 5.95. The molecule has 1 aromatic heterocycles. The summed E-state index contributed by atoms with van der Waals surface area (Å²) in [6, 6.07) is 11.9. The number of hydrogen-bond acceptors (Lipinski definition) is 3. The minimum Gasteiger partial charge on any atom is -0.456 e. The molecule has 0 N–H and O–H groups in total. The summed E-state index contributed by atoms with van der Waals surface area (Å²) in [6.45, 7) is 0.171. The van der Waals surface area contributed by atoms with Crippen molar-refractivity contribution < 1.29 is 9.53 Å². The number of halogens is 2. The Morgan fingerprint density at radius 1 is 1.11 bits per heavy atom. The van der Waals surface area contributed by atoms with Crippen molar-refractivity contribution in [1.82, 2.24) is 4.98 Å². The monoisotopic (exact) mass is 281 g/mol. The summed E-state index contributed by atoms with van der Waals surface area (Å²) >= 11 is 11.4. The largest absolute Gasteiger partial charge is 0.456 e. The van der Waals surface area contributed by atoms with E-state index < -0.39 is 5.97 Å². The van der Waals surface area contributed by atoms with Crippen LogP contribution in [0.1, 0.15) is 16.1 Å². The topological polar surface area (TPSA) is 39.2 Å². The van der Waals surface area contributed by atoms with E-state index in [9.17, 15) is 4.79 Å². The molecule has 1 heterocycles. The predicted molar refractivity (Wildman–Crippen MR) is 69.8 cm³/mol. The number of pyridine rings is 1. The van der Waals surface area contributed by atoms with Crippen molar-refractivity contribution in [2.45, 2.75) is 6.61 Å². The molecule has 0 saturated heterocycles. The van der Waals surface area contributed by atoms with Gasteiger partial charge >= 0.3 is 5.97 Å². The molecule has 2 aromatic rings. The number of ether oxygens (including phenoxy) is 1. The molecule has 18 heavy (non-hydrogen) atoms. The summed E-state index contributed by atoms with van der Waals surface area (Å²) < 4.78 is 5.11. The van der Waals surface area contributed by atoms with Gasteiger partial charge in [-0.2, -0.15) is 0 Å². The molecule has 0 radical (unpaired) electrons. The number of aromatic nitrogens is 1. The second-order valence-electron chi connectivity index (χ2n) is 3.55. The van der Waals surface area contributed by atoms with Crippen molar-refractivity contribution in [3.8, 4) is 0 Å². The second-order valence-corrected chi connectivity index (χ2v) is 4.37.